The lowest BCUT2D eigenvalue weighted by Gasteiger charge is -2.44. The Morgan fingerprint density at radius 3 is 3.05 bits per heavy atom. The zero-order valence-corrected chi connectivity index (χ0v) is 11.2. The van der Waals surface area contributed by atoms with Crippen LogP contribution in [0.4, 0.5) is 0 Å². The Kier molecular flexibility index (Phi) is 2.59. The largest absolute Gasteiger partial charge is 0.480 e. The highest BCUT2D eigenvalue weighted by Crippen LogP contribution is 2.51. The number of allylic oxidation sites excluding steroid dienone is 3. The van der Waals surface area contributed by atoms with Crippen molar-refractivity contribution in [3.05, 3.63) is 52.9 Å². The number of fused-ring (bicyclic) bond motifs is 4. The van der Waals surface area contributed by atoms with Crippen molar-refractivity contribution in [1.82, 2.24) is 4.98 Å². The van der Waals surface area contributed by atoms with Crippen LogP contribution in [0.3, 0.4) is 0 Å². The molecular formula is C16H17NO2. The molecule has 1 aromatic rings. The summed E-state index contributed by atoms with van der Waals surface area (Å²) in [6, 6.07) is 3.76. The molecule has 3 heteroatoms. The zero-order chi connectivity index (χ0) is 13.6. The van der Waals surface area contributed by atoms with Gasteiger partial charge in [-0.05, 0) is 37.5 Å². The van der Waals surface area contributed by atoms with E-state index in [1.165, 1.54) is 0 Å². The van der Waals surface area contributed by atoms with Gasteiger partial charge in [-0.3, -0.25) is 9.78 Å². The molecule has 2 aliphatic rings. The fourth-order valence-electron chi connectivity index (χ4n) is 3.72. The number of carboxylic acids is 1. The highest BCUT2D eigenvalue weighted by molar-refractivity contribution is 5.88. The summed E-state index contributed by atoms with van der Waals surface area (Å²) in [5.74, 6) is -0.579. The summed E-state index contributed by atoms with van der Waals surface area (Å²) < 4.78 is 0. The van der Waals surface area contributed by atoms with Crippen molar-refractivity contribution in [2.45, 2.75) is 32.1 Å². The number of hydrogen-bond donors (Lipinski definition) is 1. The minimum atomic E-state index is -0.903. The average Bonchev–Trinajstić information content (AvgIpc) is 2.37. The van der Waals surface area contributed by atoms with Crippen LogP contribution in [0.25, 0.3) is 0 Å². The predicted molar refractivity (Wildman–Crippen MR) is 72.9 cm³/mol. The van der Waals surface area contributed by atoms with Gasteiger partial charge in [-0.15, -0.1) is 0 Å². The van der Waals surface area contributed by atoms with Crippen molar-refractivity contribution in [2.24, 2.45) is 5.92 Å². The Bertz CT molecular complexity index is 615. The first-order valence-electron chi connectivity index (χ1n) is 6.61. The van der Waals surface area contributed by atoms with Crippen molar-refractivity contribution < 1.29 is 9.90 Å². The molecule has 2 unspecified atom stereocenters. The quantitative estimate of drug-likeness (QED) is 0.785. The van der Waals surface area contributed by atoms with E-state index >= 15 is 0 Å². The minimum absolute atomic E-state index is 0.178. The highest BCUT2D eigenvalue weighted by Gasteiger charge is 2.52. The van der Waals surface area contributed by atoms with E-state index in [-0.39, 0.29) is 5.92 Å². The van der Waals surface area contributed by atoms with E-state index in [0.29, 0.717) is 6.42 Å². The molecule has 1 N–H and O–H groups in total. The molecule has 3 nitrogen and oxygen atoms in total. The molecule has 2 atom stereocenters. The summed E-state index contributed by atoms with van der Waals surface area (Å²) in [5, 5.41) is 9.91. The van der Waals surface area contributed by atoms with Gasteiger partial charge in [0.2, 0.25) is 0 Å². The standard InChI is InChI=1S/C16H17NO2/c1-3-12-11-7-10(2)9-16(12,15(18)19)13-5-4-6-17-14(13)8-11/h3-7,11H,8-9H2,1-2H3,(H,18,19)/b12-3+. The maximum absolute atomic E-state index is 12.1. The molecular weight excluding hydrogens is 238 g/mol. The summed E-state index contributed by atoms with van der Waals surface area (Å²) in [5.41, 5.74) is 3.09. The maximum Gasteiger partial charge on any atom is 0.318 e. The van der Waals surface area contributed by atoms with E-state index in [2.05, 4.69) is 11.1 Å². The number of aromatic nitrogens is 1. The van der Waals surface area contributed by atoms with Crippen LogP contribution < -0.4 is 0 Å². The van der Waals surface area contributed by atoms with E-state index in [4.69, 9.17) is 0 Å². The van der Waals surface area contributed by atoms with Crippen molar-refractivity contribution in [1.29, 1.82) is 0 Å². The Morgan fingerprint density at radius 2 is 2.37 bits per heavy atom. The first-order chi connectivity index (χ1) is 9.09. The van der Waals surface area contributed by atoms with Crippen molar-refractivity contribution >= 4 is 5.97 Å². The molecule has 98 valence electrons. The van der Waals surface area contributed by atoms with Crippen LogP contribution in [0.15, 0.2) is 41.6 Å². The van der Waals surface area contributed by atoms with E-state index in [1.807, 2.05) is 32.1 Å². The lowest BCUT2D eigenvalue weighted by atomic mass is 9.58. The van der Waals surface area contributed by atoms with Gasteiger partial charge < -0.3 is 5.11 Å². The highest BCUT2D eigenvalue weighted by atomic mass is 16.4. The van der Waals surface area contributed by atoms with E-state index in [9.17, 15) is 9.90 Å². The lowest BCUT2D eigenvalue weighted by Crippen LogP contribution is -2.46. The third kappa shape index (κ3) is 1.51. The molecule has 0 fully saturated rings. The second-order valence-electron chi connectivity index (χ2n) is 5.45. The smallest absolute Gasteiger partial charge is 0.318 e. The molecule has 2 aliphatic carbocycles. The molecule has 0 spiro atoms. The Labute approximate surface area is 112 Å². The first kappa shape index (κ1) is 12.2. The third-order valence-corrected chi connectivity index (χ3v) is 4.36. The predicted octanol–water partition coefficient (Wildman–Crippen LogP) is 2.87. The van der Waals surface area contributed by atoms with Crippen molar-refractivity contribution in [3.63, 3.8) is 0 Å². The second-order valence-corrected chi connectivity index (χ2v) is 5.45. The Balaban J connectivity index is 2.34. The number of rotatable bonds is 1. The van der Waals surface area contributed by atoms with E-state index in [1.54, 1.807) is 6.20 Å². The van der Waals surface area contributed by atoms with E-state index in [0.717, 1.165) is 28.8 Å². The van der Waals surface area contributed by atoms with Crippen molar-refractivity contribution in [2.75, 3.05) is 0 Å². The molecule has 0 aromatic carbocycles. The van der Waals surface area contributed by atoms with Crippen LogP contribution >= 0.6 is 0 Å². The maximum atomic E-state index is 12.1. The molecule has 19 heavy (non-hydrogen) atoms. The van der Waals surface area contributed by atoms with Crippen LogP contribution in [-0.4, -0.2) is 16.1 Å². The van der Waals surface area contributed by atoms with Crippen LogP contribution in [0, 0.1) is 5.92 Å². The number of carbonyl (C=O) groups is 1. The fourth-order valence-corrected chi connectivity index (χ4v) is 3.72. The molecule has 0 saturated carbocycles. The average molecular weight is 255 g/mol. The van der Waals surface area contributed by atoms with Gasteiger partial charge in [0.05, 0.1) is 0 Å². The lowest BCUT2D eigenvalue weighted by molar-refractivity contribution is -0.142. The van der Waals surface area contributed by atoms with Crippen LogP contribution in [-0.2, 0) is 16.6 Å². The summed E-state index contributed by atoms with van der Waals surface area (Å²) in [6.07, 6.45) is 7.30. The Hall–Kier alpha value is -1.90. The van der Waals surface area contributed by atoms with Crippen molar-refractivity contribution in [3.8, 4) is 0 Å². The van der Waals surface area contributed by atoms with Gasteiger partial charge in [0.15, 0.2) is 0 Å². The second kappa shape index (κ2) is 4.05. The Morgan fingerprint density at radius 1 is 1.58 bits per heavy atom. The molecule has 0 radical (unpaired) electrons. The summed E-state index contributed by atoms with van der Waals surface area (Å²) in [6.45, 7) is 3.97. The molecule has 0 saturated heterocycles. The summed E-state index contributed by atoms with van der Waals surface area (Å²) >= 11 is 0. The zero-order valence-electron chi connectivity index (χ0n) is 11.2. The monoisotopic (exact) mass is 255 g/mol. The van der Waals surface area contributed by atoms with Gasteiger partial charge in [-0.25, -0.2) is 0 Å². The van der Waals surface area contributed by atoms with Gasteiger partial charge in [0, 0.05) is 24.2 Å². The SMILES string of the molecule is C/C=C1\C2C=C(C)CC1(C(=O)O)c1cccnc1C2. The number of carboxylic acid groups (broad SMARTS) is 1. The van der Waals surface area contributed by atoms with Gasteiger partial charge in [0.1, 0.15) is 5.41 Å². The van der Waals surface area contributed by atoms with Gasteiger partial charge in [-0.2, -0.15) is 0 Å². The number of aliphatic carboxylic acids is 1. The van der Waals surface area contributed by atoms with Crippen LogP contribution in [0.5, 0.6) is 0 Å². The van der Waals surface area contributed by atoms with Gasteiger partial charge in [-0.1, -0.05) is 23.8 Å². The fraction of sp³-hybridized carbons (Fsp3) is 0.375. The van der Waals surface area contributed by atoms with Crippen LogP contribution in [0.1, 0.15) is 31.5 Å². The molecule has 1 heterocycles. The normalized spacial score (nSPS) is 30.7. The van der Waals surface area contributed by atoms with Crippen LogP contribution in [0.2, 0.25) is 0 Å². The topological polar surface area (TPSA) is 50.2 Å². The molecule has 1 aromatic heterocycles. The van der Waals surface area contributed by atoms with Gasteiger partial charge in [0.25, 0.3) is 0 Å². The number of hydrogen-bond acceptors (Lipinski definition) is 2. The molecule has 0 aliphatic heterocycles. The third-order valence-electron chi connectivity index (χ3n) is 4.36. The van der Waals surface area contributed by atoms with E-state index < -0.39 is 11.4 Å². The molecule has 2 bridgehead atoms. The summed E-state index contributed by atoms with van der Waals surface area (Å²) in [4.78, 5) is 16.5. The summed E-state index contributed by atoms with van der Waals surface area (Å²) in [7, 11) is 0. The number of nitrogens with zero attached hydrogens (tertiary/aromatic N) is 1. The first-order valence-corrected chi connectivity index (χ1v) is 6.61. The molecule has 0 amide bonds. The molecule has 3 rings (SSSR count). The number of pyridine rings is 1. The minimum Gasteiger partial charge on any atom is -0.480 e. The van der Waals surface area contributed by atoms with Gasteiger partial charge >= 0.3 is 5.97 Å².